The highest BCUT2D eigenvalue weighted by atomic mass is 16.5. The van der Waals surface area contributed by atoms with Crippen LogP contribution in [0.2, 0.25) is 0 Å². The van der Waals surface area contributed by atoms with Crippen LogP contribution in [-0.2, 0) is 0 Å². The quantitative estimate of drug-likeness (QED) is 0.832. The second-order valence-corrected chi connectivity index (χ2v) is 9.09. The predicted molar refractivity (Wildman–Crippen MR) is 115 cm³/mol. The topological polar surface area (TPSA) is 74.6 Å². The van der Waals surface area contributed by atoms with E-state index in [1.54, 1.807) is 12.5 Å². The number of nitrogens with zero attached hydrogens (tertiary/aromatic N) is 5. The summed E-state index contributed by atoms with van der Waals surface area (Å²) in [5.74, 6) is 3.39. The number of pyridine rings is 1. The fourth-order valence-corrected chi connectivity index (χ4v) is 5.57. The molecule has 30 heavy (non-hydrogen) atoms. The van der Waals surface area contributed by atoms with E-state index in [0.717, 1.165) is 61.8 Å². The molecule has 0 radical (unpaired) electrons. The largest absolute Gasteiger partial charge is 0.437 e. The van der Waals surface area contributed by atoms with Crippen LogP contribution in [0.3, 0.4) is 0 Å². The highest BCUT2D eigenvalue weighted by Gasteiger charge is 2.44. The van der Waals surface area contributed by atoms with E-state index >= 15 is 0 Å². The summed E-state index contributed by atoms with van der Waals surface area (Å²) in [5.41, 5.74) is 1.79. The lowest BCUT2D eigenvalue weighted by atomic mass is 9.77. The van der Waals surface area contributed by atoms with Gasteiger partial charge >= 0.3 is 0 Å². The second-order valence-electron chi connectivity index (χ2n) is 9.09. The Kier molecular flexibility index (Phi) is 5.33. The molecule has 1 aliphatic carbocycles. The van der Waals surface area contributed by atoms with Crippen molar-refractivity contribution in [2.24, 2.45) is 11.8 Å². The first-order valence-electron chi connectivity index (χ1n) is 11.2. The summed E-state index contributed by atoms with van der Waals surface area (Å²) in [6.07, 6.45) is 7.66. The zero-order valence-corrected chi connectivity index (χ0v) is 17.9. The highest BCUT2D eigenvalue weighted by molar-refractivity contribution is 5.52. The zero-order valence-electron chi connectivity index (χ0n) is 17.9. The number of aliphatic hydroxyl groups is 1. The molecular weight excluding hydrogens is 378 g/mol. The maximum atomic E-state index is 10.8. The summed E-state index contributed by atoms with van der Waals surface area (Å²) < 4.78 is 6.07. The number of aromatic nitrogens is 3. The number of ether oxygens (including phenoxy) is 1. The van der Waals surface area contributed by atoms with Crippen molar-refractivity contribution in [1.29, 1.82) is 0 Å². The molecule has 0 amide bonds. The van der Waals surface area contributed by atoms with Crippen LogP contribution >= 0.6 is 0 Å². The summed E-state index contributed by atoms with van der Waals surface area (Å²) >= 11 is 0. The van der Waals surface area contributed by atoms with E-state index in [1.807, 2.05) is 26.0 Å². The third kappa shape index (κ3) is 3.65. The summed E-state index contributed by atoms with van der Waals surface area (Å²) in [4.78, 5) is 18.2. The number of aliphatic hydroxyl groups excluding tert-OH is 1. The minimum absolute atomic E-state index is 0.205. The summed E-state index contributed by atoms with van der Waals surface area (Å²) in [5, 5.41) is 10.8. The molecule has 3 fully saturated rings. The molecule has 4 heterocycles. The third-order valence-corrected chi connectivity index (χ3v) is 7.19. The molecule has 2 aliphatic heterocycles. The molecule has 7 heteroatoms. The Labute approximate surface area is 178 Å². The number of aryl methyl sites for hydroxylation is 1. The second kappa shape index (κ2) is 8.12. The first kappa shape index (κ1) is 19.7. The average molecular weight is 410 g/mol. The van der Waals surface area contributed by atoms with Gasteiger partial charge in [-0.2, -0.15) is 0 Å². The van der Waals surface area contributed by atoms with E-state index in [1.165, 1.54) is 12.8 Å². The fourth-order valence-electron chi connectivity index (χ4n) is 5.57. The smallest absolute Gasteiger partial charge is 0.227 e. The lowest BCUT2D eigenvalue weighted by Crippen LogP contribution is -2.48. The Bertz CT molecular complexity index is 901. The monoisotopic (exact) mass is 409 g/mol. The van der Waals surface area contributed by atoms with Gasteiger partial charge in [0.2, 0.25) is 5.88 Å². The molecule has 3 aliphatic rings. The third-order valence-electron chi connectivity index (χ3n) is 7.19. The molecule has 0 bridgehead atoms. The first-order valence-corrected chi connectivity index (χ1v) is 11.2. The van der Waals surface area contributed by atoms with Gasteiger partial charge in [-0.25, -0.2) is 9.97 Å². The van der Waals surface area contributed by atoms with Crippen molar-refractivity contribution in [1.82, 2.24) is 19.9 Å². The molecular formula is C23H31N5O2. The summed E-state index contributed by atoms with van der Waals surface area (Å²) in [6.45, 7) is 8.17. The Morgan fingerprint density at radius 1 is 1.03 bits per heavy atom. The van der Waals surface area contributed by atoms with Gasteiger partial charge in [0, 0.05) is 25.3 Å². The van der Waals surface area contributed by atoms with Crippen molar-refractivity contribution in [2.75, 3.05) is 31.1 Å². The molecule has 0 aromatic carbocycles. The van der Waals surface area contributed by atoms with Crippen molar-refractivity contribution in [3.63, 3.8) is 0 Å². The van der Waals surface area contributed by atoms with Gasteiger partial charge in [0.25, 0.3) is 0 Å². The number of fused-ring (bicyclic) bond motifs is 1. The van der Waals surface area contributed by atoms with E-state index in [2.05, 4.69) is 24.8 Å². The van der Waals surface area contributed by atoms with E-state index in [0.29, 0.717) is 23.8 Å². The lowest BCUT2D eigenvalue weighted by Gasteiger charge is -2.40. The molecule has 2 saturated heterocycles. The predicted octanol–water partition coefficient (Wildman–Crippen LogP) is 2.95. The molecule has 1 N–H and O–H groups in total. The average Bonchev–Trinajstić information content (AvgIpc) is 3.40. The molecule has 7 nitrogen and oxygen atoms in total. The van der Waals surface area contributed by atoms with Crippen LogP contribution in [0.4, 0.5) is 5.82 Å². The van der Waals surface area contributed by atoms with Crippen LogP contribution in [-0.4, -0.2) is 63.3 Å². The Balaban J connectivity index is 1.33. The van der Waals surface area contributed by atoms with Crippen molar-refractivity contribution in [2.45, 2.75) is 51.7 Å². The van der Waals surface area contributed by atoms with Crippen LogP contribution in [0.5, 0.6) is 11.6 Å². The molecule has 5 rings (SSSR count). The van der Waals surface area contributed by atoms with Crippen LogP contribution in [0.15, 0.2) is 24.7 Å². The van der Waals surface area contributed by atoms with Gasteiger partial charge in [-0.05, 0) is 76.6 Å². The molecule has 160 valence electrons. The van der Waals surface area contributed by atoms with Crippen molar-refractivity contribution in [3.05, 3.63) is 35.9 Å². The fraction of sp³-hybridized carbons (Fsp3) is 0.609. The lowest BCUT2D eigenvalue weighted by molar-refractivity contribution is -0.000854. The van der Waals surface area contributed by atoms with Crippen molar-refractivity contribution >= 4 is 5.82 Å². The van der Waals surface area contributed by atoms with Gasteiger partial charge in [0.1, 0.15) is 12.1 Å². The Hall–Kier alpha value is -2.25. The SMILES string of the molecule is Cc1ncccc1Oc1ncnc(N2C[C@H]3C[C@@H](N4CCCC4)[C@H](O)C[C@H]3C2)c1C. The first-order chi connectivity index (χ1) is 14.6. The van der Waals surface area contributed by atoms with Crippen LogP contribution < -0.4 is 9.64 Å². The van der Waals surface area contributed by atoms with Crippen LogP contribution in [0.1, 0.15) is 36.9 Å². The summed E-state index contributed by atoms with van der Waals surface area (Å²) in [7, 11) is 0. The molecule has 2 aromatic heterocycles. The molecule has 0 spiro atoms. The molecule has 2 aromatic rings. The van der Waals surface area contributed by atoms with E-state index in [-0.39, 0.29) is 6.10 Å². The molecule has 0 unspecified atom stereocenters. The van der Waals surface area contributed by atoms with Crippen LogP contribution in [0, 0.1) is 25.7 Å². The minimum atomic E-state index is -0.205. The Morgan fingerprint density at radius 3 is 2.57 bits per heavy atom. The number of likely N-dealkylation sites (tertiary alicyclic amines) is 1. The maximum Gasteiger partial charge on any atom is 0.227 e. The number of hydrogen-bond donors (Lipinski definition) is 1. The van der Waals surface area contributed by atoms with Gasteiger partial charge in [-0.1, -0.05) is 0 Å². The number of anilines is 1. The van der Waals surface area contributed by atoms with Crippen molar-refractivity contribution < 1.29 is 9.84 Å². The number of rotatable bonds is 4. The van der Waals surface area contributed by atoms with Gasteiger partial charge < -0.3 is 14.7 Å². The zero-order chi connectivity index (χ0) is 20.7. The van der Waals surface area contributed by atoms with E-state index in [4.69, 9.17) is 4.74 Å². The standard InChI is InChI=1S/C23H31N5O2/c1-15-22(25-14-26-23(15)30-21-6-5-7-24-16(21)2)28-12-17-10-19(27-8-3-4-9-27)20(29)11-18(17)13-28/h5-7,14,17-20,29H,3-4,8-13H2,1-2H3/t17-,18+,19-,20-/m1/s1. The normalized spacial score (nSPS) is 29.2. The summed E-state index contributed by atoms with van der Waals surface area (Å²) in [6, 6.07) is 4.11. The van der Waals surface area contributed by atoms with Gasteiger partial charge in [0.15, 0.2) is 5.75 Å². The highest BCUT2D eigenvalue weighted by Crippen LogP contribution is 2.41. The van der Waals surface area contributed by atoms with E-state index < -0.39 is 0 Å². The molecule has 4 atom stereocenters. The van der Waals surface area contributed by atoms with Gasteiger partial charge in [-0.3, -0.25) is 9.88 Å². The van der Waals surface area contributed by atoms with Gasteiger partial charge in [-0.15, -0.1) is 0 Å². The maximum absolute atomic E-state index is 10.8. The van der Waals surface area contributed by atoms with Crippen LogP contribution in [0.25, 0.3) is 0 Å². The van der Waals surface area contributed by atoms with Gasteiger partial charge in [0.05, 0.1) is 17.4 Å². The molecule has 1 saturated carbocycles. The minimum Gasteiger partial charge on any atom is -0.437 e. The Morgan fingerprint density at radius 2 is 1.80 bits per heavy atom. The number of hydrogen-bond acceptors (Lipinski definition) is 7. The van der Waals surface area contributed by atoms with Crippen molar-refractivity contribution in [3.8, 4) is 11.6 Å². The van der Waals surface area contributed by atoms with E-state index in [9.17, 15) is 5.11 Å².